The Labute approximate surface area is 102 Å². The summed E-state index contributed by atoms with van der Waals surface area (Å²) in [6, 6.07) is 1.48. The number of nitro groups is 1. The highest BCUT2D eigenvalue weighted by Crippen LogP contribution is 2.11. The van der Waals surface area contributed by atoms with Crippen LogP contribution in [0.4, 0.5) is 5.69 Å². The molecule has 0 saturated heterocycles. The number of nitrogens with one attached hydrogen (secondary N) is 1. The molecule has 8 heteroatoms. The van der Waals surface area contributed by atoms with Crippen LogP contribution in [0.15, 0.2) is 18.5 Å². The maximum Gasteiger partial charge on any atom is 0.305 e. The molecule has 0 fully saturated rings. The van der Waals surface area contributed by atoms with Crippen molar-refractivity contribution in [2.75, 3.05) is 6.54 Å². The van der Waals surface area contributed by atoms with Crippen LogP contribution < -0.4 is 5.32 Å². The third-order valence-corrected chi connectivity index (χ3v) is 2.28. The van der Waals surface area contributed by atoms with Gasteiger partial charge in [0.2, 0.25) is 0 Å². The molecule has 0 aliphatic heterocycles. The second-order valence-corrected chi connectivity index (χ2v) is 3.66. The Balaban J connectivity index is 2.32. The molecule has 2 aromatic rings. The number of amides is 1. The summed E-state index contributed by atoms with van der Waals surface area (Å²) in [5.74, 6) is -0.315. The molecule has 0 spiro atoms. The van der Waals surface area contributed by atoms with Crippen LogP contribution in [-0.2, 0) is 0 Å². The van der Waals surface area contributed by atoms with E-state index >= 15 is 0 Å². The van der Waals surface area contributed by atoms with Crippen LogP contribution in [0.1, 0.15) is 23.8 Å². The lowest BCUT2D eigenvalue weighted by Gasteiger charge is -1.98. The van der Waals surface area contributed by atoms with Gasteiger partial charge in [0, 0.05) is 12.6 Å². The van der Waals surface area contributed by atoms with Gasteiger partial charge in [-0.1, -0.05) is 6.92 Å². The smallest absolute Gasteiger partial charge is 0.305 e. The molecule has 0 unspecified atom stereocenters. The van der Waals surface area contributed by atoms with Gasteiger partial charge in [-0.05, 0) is 6.42 Å². The number of rotatable bonds is 4. The monoisotopic (exact) mass is 249 g/mol. The highest BCUT2D eigenvalue weighted by molar-refractivity contribution is 5.93. The van der Waals surface area contributed by atoms with Crippen molar-refractivity contribution in [1.29, 1.82) is 0 Å². The van der Waals surface area contributed by atoms with Crippen molar-refractivity contribution >= 4 is 17.2 Å². The Bertz CT molecular complexity index is 607. The van der Waals surface area contributed by atoms with Crippen LogP contribution in [0, 0.1) is 10.1 Å². The van der Waals surface area contributed by atoms with E-state index in [4.69, 9.17) is 0 Å². The predicted octanol–water partition coefficient (Wildman–Crippen LogP) is 0.777. The summed E-state index contributed by atoms with van der Waals surface area (Å²) in [7, 11) is 0. The van der Waals surface area contributed by atoms with E-state index in [1.54, 1.807) is 0 Å². The minimum atomic E-state index is -0.565. The SMILES string of the molecule is CCCNC(=O)c1cc2ncc([N+](=O)[O-])cn2n1. The zero-order valence-corrected chi connectivity index (χ0v) is 9.66. The van der Waals surface area contributed by atoms with Crippen molar-refractivity contribution in [3.63, 3.8) is 0 Å². The number of fused-ring (bicyclic) bond motifs is 1. The van der Waals surface area contributed by atoms with Gasteiger partial charge >= 0.3 is 5.69 Å². The van der Waals surface area contributed by atoms with Gasteiger partial charge in [0.1, 0.15) is 12.4 Å². The van der Waals surface area contributed by atoms with E-state index in [0.29, 0.717) is 12.2 Å². The van der Waals surface area contributed by atoms with Gasteiger partial charge in [-0.15, -0.1) is 0 Å². The number of hydrogen-bond donors (Lipinski definition) is 1. The van der Waals surface area contributed by atoms with Crippen LogP contribution in [0.3, 0.4) is 0 Å². The summed E-state index contributed by atoms with van der Waals surface area (Å²) in [4.78, 5) is 25.5. The lowest BCUT2D eigenvalue weighted by molar-refractivity contribution is -0.385. The van der Waals surface area contributed by atoms with Crippen molar-refractivity contribution < 1.29 is 9.72 Å². The summed E-state index contributed by atoms with van der Waals surface area (Å²) in [5, 5.41) is 17.2. The lowest BCUT2D eigenvalue weighted by atomic mass is 10.4. The normalized spacial score (nSPS) is 10.5. The minimum Gasteiger partial charge on any atom is -0.351 e. The Morgan fingerprint density at radius 2 is 2.39 bits per heavy atom. The lowest BCUT2D eigenvalue weighted by Crippen LogP contribution is -2.24. The summed E-state index contributed by atoms with van der Waals surface area (Å²) >= 11 is 0. The first-order chi connectivity index (χ1) is 8.61. The Hall–Kier alpha value is -2.51. The zero-order valence-electron chi connectivity index (χ0n) is 9.66. The molecule has 2 aromatic heterocycles. The van der Waals surface area contributed by atoms with Gasteiger partial charge in [0.25, 0.3) is 5.91 Å². The molecule has 2 heterocycles. The molecule has 0 radical (unpaired) electrons. The van der Waals surface area contributed by atoms with Gasteiger partial charge in [0.05, 0.1) is 4.92 Å². The highest BCUT2D eigenvalue weighted by atomic mass is 16.6. The fraction of sp³-hybridized carbons (Fsp3) is 0.300. The van der Waals surface area contributed by atoms with E-state index in [2.05, 4.69) is 15.4 Å². The van der Waals surface area contributed by atoms with E-state index in [9.17, 15) is 14.9 Å². The minimum absolute atomic E-state index is 0.175. The molecule has 0 aliphatic carbocycles. The van der Waals surface area contributed by atoms with E-state index in [-0.39, 0.29) is 17.3 Å². The predicted molar refractivity (Wildman–Crippen MR) is 62.3 cm³/mol. The van der Waals surface area contributed by atoms with E-state index in [1.165, 1.54) is 16.8 Å². The second-order valence-electron chi connectivity index (χ2n) is 3.66. The molecular weight excluding hydrogens is 238 g/mol. The Morgan fingerprint density at radius 1 is 1.61 bits per heavy atom. The van der Waals surface area contributed by atoms with Gasteiger partial charge < -0.3 is 5.32 Å². The first-order valence-electron chi connectivity index (χ1n) is 5.40. The quantitative estimate of drug-likeness (QED) is 0.637. The molecule has 18 heavy (non-hydrogen) atoms. The van der Waals surface area contributed by atoms with Crippen molar-refractivity contribution in [3.8, 4) is 0 Å². The molecule has 1 amide bonds. The maximum atomic E-state index is 11.6. The number of carbonyl (C=O) groups is 1. The molecule has 0 aromatic carbocycles. The first kappa shape index (κ1) is 12.0. The van der Waals surface area contributed by atoms with E-state index < -0.39 is 4.92 Å². The fourth-order valence-corrected chi connectivity index (χ4v) is 1.40. The third kappa shape index (κ3) is 2.26. The van der Waals surface area contributed by atoms with Gasteiger partial charge in [-0.25, -0.2) is 9.50 Å². The third-order valence-electron chi connectivity index (χ3n) is 2.28. The highest BCUT2D eigenvalue weighted by Gasteiger charge is 2.13. The number of hydrogen-bond acceptors (Lipinski definition) is 5. The molecule has 0 aliphatic rings. The molecule has 94 valence electrons. The maximum absolute atomic E-state index is 11.6. The zero-order chi connectivity index (χ0) is 13.1. The molecule has 0 saturated carbocycles. The van der Waals surface area contributed by atoms with Gasteiger partial charge in [-0.2, -0.15) is 5.10 Å². The molecular formula is C10H11N5O3. The molecule has 0 bridgehead atoms. The number of carbonyl (C=O) groups excluding carboxylic acids is 1. The second kappa shape index (κ2) is 4.78. The van der Waals surface area contributed by atoms with Crippen LogP contribution in [0.25, 0.3) is 5.65 Å². The van der Waals surface area contributed by atoms with Crippen LogP contribution >= 0.6 is 0 Å². The topological polar surface area (TPSA) is 102 Å². The molecule has 1 N–H and O–H groups in total. The Kier molecular flexibility index (Phi) is 3.18. The number of nitrogens with zero attached hydrogens (tertiary/aromatic N) is 4. The van der Waals surface area contributed by atoms with Crippen molar-refractivity contribution in [2.45, 2.75) is 13.3 Å². The van der Waals surface area contributed by atoms with Crippen LogP contribution in [-0.4, -0.2) is 32.0 Å². The summed E-state index contributed by atoms with van der Waals surface area (Å²) in [6.07, 6.45) is 3.17. The Morgan fingerprint density at radius 3 is 3.06 bits per heavy atom. The molecule has 8 nitrogen and oxygen atoms in total. The summed E-state index contributed by atoms with van der Waals surface area (Å²) in [5.41, 5.74) is 0.407. The average molecular weight is 249 g/mol. The van der Waals surface area contributed by atoms with Crippen molar-refractivity contribution in [1.82, 2.24) is 19.9 Å². The van der Waals surface area contributed by atoms with Gasteiger partial charge in [-0.3, -0.25) is 14.9 Å². The largest absolute Gasteiger partial charge is 0.351 e. The van der Waals surface area contributed by atoms with Crippen molar-refractivity contribution in [2.24, 2.45) is 0 Å². The summed E-state index contributed by atoms with van der Waals surface area (Å²) in [6.45, 7) is 2.50. The molecule has 2 rings (SSSR count). The molecule has 0 atom stereocenters. The van der Waals surface area contributed by atoms with Crippen LogP contribution in [0.5, 0.6) is 0 Å². The average Bonchev–Trinajstić information content (AvgIpc) is 2.78. The van der Waals surface area contributed by atoms with Gasteiger partial charge in [0.15, 0.2) is 11.3 Å². The number of aromatic nitrogens is 3. The van der Waals surface area contributed by atoms with Crippen molar-refractivity contribution in [3.05, 3.63) is 34.3 Å². The van der Waals surface area contributed by atoms with Crippen LogP contribution in [0.2, 0.25) is 0 Å². The van der Waals surface area contributed by atoms with E-state index in [1.807, 2.05) is 6.92 Å². The fourth-order valence-electron chi connectivity index (χ4n) is 1.40. The van der Waals surface area contributed by atoms with E-state index in [0.717, 1.165) is 12.6 Å². The first-order valence-corrected chi connectivity index (χ1v) is 5.40. The standard InChI is InChI=1S/C10H11N5O3/c1-2-3-11-10(16)8-4-9-12-5-7(15(17)18)6-14(9)13-8/h4-6H,2-3H2,1H3,(H,11,16). The summed E-state index contributed by atoms with van der Waals surface area (Å²) < 4.78 is 1.22.